The maximum absolute atomic E-state index is 12.4. The minimum atomic E-state index is -0.0719. The van der Waals surface area contributed by atoms with Crippen LogP contribution in [-0.4, -0.2) is 19.1 Å². The van der Waals surface area contributed by atoms with Gasteiger partial charge in [0, 0.05) is 17.9 Å². The molecule has 1 heterocycles. The van der Waals surface area contributed by atoms with Crippen molar-refractivity contribution in [2.45, 2.75) is 25.3 Å². The largest absolute Gasteiger partial charge is 0.466 e. The summed E-state index contributed by atoms with van der Waals surface area (Å²) in [6, 6.07) is 21.3. The second kappa shape index (κ2) is 7.42. The van der Waals surface area contributed by atoms with E-state index in [9.17, 15) is 4.79 Å². The Kier molecular flexibility index (Phi) is 5.09. The molecule has 0 aliphatic carbocycles. The molecular weight excluding hydrogens is 286 g/mol. The van der Waals surface area contributed by atoms with Gasteiger partial charge in [-0.1, -0.05) is 60.7 Å². The minimum Gasteiger partial charge on any atom is -0.466 e. The molecule has 0 aromatic heterocycles. The summed E-state index contributed by atoms with van der Waals surface area (Å²) in [5.41, 5.74) is 2.57. The van der Waals surface area contributed by atoms with Crippen molar-refractivity contribution < 1.29 is 14.8 Å². The fraction of sp³-hybridized carbons (Fsp3) is 0.350. The fourth-order valence-electron chi connectivity index (χ4n) is 3.56. The summed E-state index contributed by atoms with van der Waals surface area (Å²) in [5, 5.41) is 2.29. The number of ether oxygens (including phenoxy) is 1. The Morgan fingerprint density at radius 1 is 1.04 bits per heavy atom. The zero-order valence-corrected chi connectivity index (χ0v) is 13.5. The summed E-state index contributed by atoms with van der Waals surface area (Å²) in [6.45, 7) is 3.09. The Balaban J connectivity index is 1.85. The van der Waals surface area contributed by atoms with Crippen molar-refractivity contribution in [3.05, 3.63) is 71.8 Å². The SMILES string of the molecule is CCOC(=O)[C@H]1C[NH2+][C@@H](c2ccccc2)C[C@@H]1c1ccccc1. The van der Waals surface area contributed by atoms with Crippen LogP contribution in [0.5, 0.6) is 0 Å². The van der Waals surface area contributed by atoms with Crippen LogP contribution in [0.1, 0.15) is 36.4 Å². The van der Waals surface area contributed by atoms with E-state index in [4.69, 9.17) is 4.74 Å². The smallest absolute Gasteiger partial charge is 0.315 e. The van der Waals surface area contributed by atoms with E-state index in [2.05, 4.69) is 41.7 Å². The Morgan fingerprint density at radius 2 is 1.65 bits per heavy atom. The van der Waals surface area contributed by atoms with Gasteiger partial charge in [0.2, 0.25) is 0 Å². The van der Waals surface area contributed by atoms with Gasteiger partial charge < -0.3 is 10.1 Å². The summed E-state index contributed by atoms with van der Waals surface area (Å²) in [6.07, 6.45) is 0.956. The molecule has 120 valence electrons. The molecule has 3 rings (SSSR count). The van der Waals surface area contributed by atoms with Crippen LogP contribution in [0.2, 0.25) is 0 Å². The third-order valence-corrected chi connectivity index (χ3v) is 4.71. The zero-order valence-electron chi connectivity index (χ0n) is 13.5. The van der Waals surface area contributed by atoms with Gasteiger partial charge in [-0.15, -0.1) is 0 Å². The highest BCUT2D eigenvalue weighted by atomic mass is 16.5. The lowest BCUT2D eigenvalue weighted by atomic mass is 9.77. The number of nitrogens with two attached hydrogens (primary N) is 1. The summed E-state index contributed by atoms with van der Waals surface area (Å²) in [7, 11) is 0. The van der Waals surface area contributed by atoms with Gasteiger partial charge in [0.15, 0.2) is 0 Å². The second-order valence-electron chi connectivity index (χ2n) is 6.10. The molecule has 0 radical (unpaired) electrons. The predicted octanol–water partition coefficient (Wildman–Crippen LogP) is 2.66. The summed E-state index contributed by atoms with van der Waals surface area (Å²) < 4.78 is 5.32. The lowest BCUT2D eigenvalue weighted by Gasteiger charge is -2.33. The van der Waals surface area contributed by atoms with Crippen molar-refractivity contribution in [3.8, 4) is 0 Å². The van der Waals surface area contributed by atoms with Crippen molar-refractivity contribution in [1.82, 2.24) is 0 Å². The molecule has 0 amide bonds. The van der Waals surface area contributed by atoms with Gasteiger partial charge in [-0.2, -0.15) is 0 Å². The molecule has 3 nitrogen and oxygen atoms in total. The third kappa shape index (κ3) is 3.62. The molecule has 0 unspecified atom stereocenters. The standard InChI is InChI=1S/C20H23NO2/c1-2-23-20(22)18-14-21-19(16-11-7-4-8-12-16)13-17(18)15-9-5-3-6-10-15/h3-12,17-19,21H,2,13-14H2,1H3/p+1/t17-,18+,19-/m1/s1. The number of piperidine rings is 1. The monoisotopic (exact) mass is 310 g/mol. The zero-order chi connectivity index (χ0) is 16.1. The van der Waals surface area contributed by atoms with Crippen LogP contribution in [0, 0.1) is 5.92 Å². The molecular formula is C20H24NO2+. The molecule has 1 saturated heterocycles. The lowest BCUT2D eigenvalue weighted by Crippen LogP contribution is -2.89. The van der Waals surface area contributed by atoms with E-state index in [1.165, 1.54) is 11.1 Å². The normalized spacial score (nSPS) is 24.1. The first-order chi connectivity index (χ1) is 11.3. The van der Waals surface area contributed by atoms with Crippen LogP contribution < -0.4 is 5.32 Å². The van der Waals surface area contributed by atoms with E-state index in [1.54, 1.807) is 0 Å². The van der Waals surface area contributed by atoms with Crippen molar-refractivity contribution >= 4 is 5.97 Å². The van der Waals surface area contributed by atoms with Gasteiger partial charge in [-0.25, -0.2) is 0 Å². The fourth-order valence-corrected chi connectivity index (χ4v) is 3.56. The van der Waals surface area contributed by atoms with E-state index in [0.717, 1.165) is 13.0 Å². The Bertz CT molecular complexity index is 627. The van der Waals surface area contributed by atoms with Gasteiger partial charge in [-0.05, 0) is 12.5 Å². The average molecular weight is 310 g/mol. The molecule has 1 aliphatic heterocycles. The lowest BCUT2D eigenvalue weighted by molar-refractivity contribution is -0.709. The maximum Gasteiger partial charge on any atom is 0.315 e. The highest BCUT2D eigenvalue weighted by Gasteiger charge is 2.39. The highest BCUT2D eigenvalue weighted by Crippen LogP contribution is 2.35. The average Bonchev–Trinajstić information content (AvgIpc) is 2.63. The van der Waals surface area contributed by atoms with Crippen LogP contribution >= 0.6 is 0 Å². The van der Waals surface area contributed by atoms with E-state index in [0.29, 0.717) is 12.6 Å². The Labute approximate surface area is 137 Å². The maximum atomic E-state index is 12.4. The number of hydrogen-bond donors (Lipinski definition) is 1. The number of hydrogen-bond acceptors (Lipinski definition) is 2. The molecule has 2 N–H and O–H groups in total. The van der Waals surface area contributed by atoms with Crippen molar-refractivity contribution in [2.75, 3.05) is 13.2 Å². The van der Waals surface area contributed by atoms with Crippen molar-refractivity contribution in [2.24, 2.45) is 5.92 Å². The van der Waals surface area contributed by atoms with E-state index in [1.807, 2.05) is 31.2 Å². The minimum absolute atomic E-state index is 0.0656. The van der Waals surface area contributed by atoms with Crippen LogP contribution in [0.15, 0.2) is 60.7 Å². The third-order valence-electron chi connectivity index (χ3n) is 4.71. The first kappa shape index (κ1) is 15.8. The van der Waals surface area contributed by atoms with E-state index < -0.39 is 0 Å². The molecule has 3 atom stereocenters. The molecule has 1 aliphatic rings. The van der Waals surface area contributed by atoms with Gasteiger partial charge in [-0.3, -0.25) is 4.79 Å². The molecule has 3 heteroatoms. The van der Waals surface area contributed by atoms with E-state index >= 15 is 0 Å². The van der Waals surface area contributed by atoms with Crippen molar-refractivity contribution in [1.29, 1.82) is 0 Å². The summed E-state index contributed by atoms with van der Waals surface area (Å²) in [5.74, 6) is 0.0758. The Morgan fingerprint density at radius 3 is 2.26 bits per heavy atom. The highest BCUT2D eigenvalue weighted by molar-refractivity contribution is 5.74. The molecule has 0 spiro atoms. The number of esters is 1. The number of carbonyl (C=O) groups is 1. The van der Waals surface area contributed by atoms with Gasteiger partial charge in [0.25, 0.3) is 0 Å². The van der Waals surface area contributed by atoms with Gasteiger partial charge in [0.1, 0.15) is 12.0 Å². The molecule has 1 fully saturated rings. The summed E-state index contributed by atoms with van der Waals surface area (Å²) in [4.78, 5) is 12.4. The van der Waals surface area contributed by atoms with Crippen LogP contribution in [0.4, 0.5) is 0 Å². The topological polar surface area (TPSA) is 42.9 Å². The molecule has 23 heavy (non-hydrogen) atoms. The predicted molar refractivity (Wildman–Crippen MR) is 89.9 cm³/mol. The van der Waals surface area contributed by atoms with Gasteiger partial charge in [0.05, 0.1) is 13.2 Å². The molecule has 0 saturated carbocycles. The number of carbonyl (C=O) groups excluding carboxylic acids is 1. The number of quaternary nitrogens is 1. The first-order valence-corrected chi connectivity index (χ1v) is 8.39. The number of rotatable bonds is 4. The van der Waals surface area contributed by atoms with Crippen molar-refractivity contribution in [3.63, 3.8) is 0 Å². The van der Waals surface area contributed by atoms with E-state index in [-0.39, 0.29) is 17.8 Å². The summed E-state index contributed by atoms with van der Waals surface area (Å²) >= 11 is 0. The van der Waals surface area contributed by atoms with Crippen LogP contribution in [0.25, 0.3) is 0 Å². The molecule has 2 aromatic carbocycles. The quantitative estimate of drug-likeness (QED) is 0.882. The number of benzene rings is 2. The van der Waals surface area contributed by atoms with Gasteiger partial charge >= 0.3 is 5.97 Å². The first-order valence-electron chi connectivity index (χ1n) is 8.39. The second-order valence-corrected chi connectivity index (χ2v) is 6.10. The Hall–Kier alpha value is -2.13. The van der Waals surface area contributed by atoms with Crippen LogP contribution in [0.3, 0.4) is 0 Å². The molecule has 0 bridgehead atoms. The van der Waals surface area contributed by atoms with Crippen LogP contribution in [-0.2, 0) is 9.53 Å². The molecule has 2 aromatic rings.